The zero-order valence-electron chi connectivity index (χ0n) is 13.9. The fourth-order valence-electron chi connectivity index (χ4n) is 4.32. The molecule has 1 heterocycles. The third-order valence-corrected chi connectivity index (χ3v) is 6.13. The summed E-state index contributed by atoms with van der Waals surface area (Å²) >= 11 is 3.50. The average Bonchev–Trinajstić information content (AvgIpc) is 2.58. The summed E-state index contributed by atoms with van der Waals surface area (Å²) in [6.45, 7) is 3.55. The Morgan fingerprint density at radius 2 is 2.08 bits per heavy atom. The second kappa shape index (κ2) is 8.45. The molecule has 0 bridgehead atoms. The van der Waals surface area contributed by atoms with E-state index in [0.29, 0.717) is 12.0 Å². The number of morpholine rings is 1. The largest absolute Gasteiger partial charge is 0.481 e. The first kappa shape index (κ1) is 17.9. The van der Waals surface area contributed by atoms with E-state index in [1.807, 2.05) is 6.08 Å². The molecule has 0 aromatic heterocycles. The van der Waals surface area contributed by atoms with Crippen molar-refractivity contribution < 1.29 is 14.6 Å². The highest BCUT2D eigenvalue weighted by Gasteiger charge is 2.40. The molecule has 4 nitrogen and oxygen atoms in total. The molecular weight excluding hydrogens is 370 g/mol. The summed E-state index contributed by atoms with van der Waals surface area (Å²) in [7, 11) is 0. The van der Waals surface area contributed by atoms with Crippen LogP contribution in [0.25, 0.3) is 0 Å². The smallest absolute Gasteiger partial charge is 0.306 e. The van der Waals surface area contributed by atoms with E-state index in [2.05, 4.69) is 45.1 Å². The number of carboxylic acids is 1. The van der Waals surface area contributed by atoms with Crippen molar-refractivity contribution in [2.45, 2.75) is 31.7 Å². The number of aliphatic carboxylic acids is 1. The molecular formula is C19H26BrNO3. The minimum absolute atomic E-state index is 0.204. The molecule has 2 aliphatic carbocycles. The van der Waals surface area contributed by atoms with Gasteiger partial charge < -0.3 is 9.84 Å². The molecule has 0 unspecified atom stereocenters. The molecule has 1 aliphatic heterocycles. The Kier molecular flexibility index (Phi) is 6.31. The van der Waals surface area contributed by atoms with Gasteiger partial charge in [0.15, 0.2) is 0 Å². The number of halogens is 1. The summed E-state index contributed by atoms with van der Waals surface area (Å²) < 4.78 is 6.52. The summed E-state index contributed by atoms with van der Waals surface area (Å²) in [5.74, 6) is -0.355. The fourth-order valence-corrected chi connectivity index (χ4v) is 4.66. The lowest BCUT2D eigenvalue weighted by atomic mass is 9.69. The van der Waals surface area contributed by atoms with E-state index >= 15 is 0 Å². The van der Waals surface area contributed by atoms with Crippen LogP contribution in [0.15, 0.2) is 34.9 Å². The van der Waals surface area contributed by atoms with Crippen LogP contribution >= 0.6 is 15.9 Å². The lowest BCUT2D eigenvalue weighted by Gasteiger charge is -2.43. The second-order valence-corrected chi connectivity index (χ2v) is 7.88. The van der Waals surface area contributed by atoms with Crippen LogP contribution in [-0.2, 0) is 9.53 Å². The number of carbonyl (C=O) groups is 1. The van der Waals surface area contributed by atoms with Crippen molar-refractivity contribution in [2.24, 2.45) is 17.8 Å². The average molecular weight is 396 g/mol. The summed E-state index contributed by atoms with van der Waals surface area (Å²) in [6.07, 6.45) is 14.2. The summed E-state index contributed by atoms with van der Waals surface area (Å²) in [5.41, 5.74) is 0. The van der Waals surface area contributed by atoms with Crippen molar-refractivity contribution in [1.29, 1.82) is 0 Å². The number of allylic oxidation sites excluding steroid dienone is 6. The molecule has 3 aliphatic rings. The van der Waals surface area contributed by atoms with Gasteiger partial charge in [0.05, 0.1) is 19.1 Å². The van der Waals surface area contributed by atoms with Crippen LogP contribution in [0.4, 0.5) is 0 Å². The molecule has 0 spiro atoms. The van der Waals surface area contributed by atoms with Gasteiger partial charge in [-0.25, -0.2) is 0 Å². The van der Waals surface area contributed by atoms with Gasteiger partial charge in [-0.15, -0.1) is 0 Å². The van der Waals surface area contributed by atoms with Crippen LogP contribution in [0.5, 0.6) is 0 Å². The van der Waals surface area contributed by atoms with Crippen LogP contribution in [0.3, 0.4) is 0 Å². The van der Waals surface area contributed by atoms with E-state index in [1.54, 1.807) is 0 Å². The molecule has 2 fully saturated rings. The number of hydrogen-bond donors (Lipinski definition) is 1. The third kappa shape index (κ3) is 4.38. The third-order valence-electron chi connectivity index (χ3n) is 5.60. The quantitative estimate of drug-likeness (QED) is 0.792. The maximum absolute atomic E-state index is 11.8. The molecule has 1 saturated heterocycles. The van der Waals surface area contributed by atoms with Crippen LogP contribution in [0.2, 0.25) is 0 Å². The zero-order valence-corrected chi connectivity index (χ0v) is 15.5. The molecule has 1 N–H and O–H groups in total. The van der Waals surface area contributed by atoms with Gasteiger partial charge in [-0.3, -0.25) is 9.69 Å². The van der Waals surface area contributed by atoms with Crippen molar-refractivity contribution in [3.8, 4) is 0 Å². The Balaban J connectivity index is 1.75. The lowest BCUT2D eigenvalue weighted by Crippen LogP contribution is -2.48. The molecule has 0 radical (unpaired) electrons. The Labute approximate surface area is 152 Å². The number of nitrogens with zero attached hydrogens (tertiary/aromatic N) is 1. The van der Waals surface area contributed by atoms with E-state index in [9.17, 15) is 9.90 Å². The molecule has 132 valence electrons. The minimum atomic E-state index is -0.628. The maximum Gasteiger partial charge on any atom is 0.306 e. The van der Waals surface area contributed by atoms with Crippen molar-refractivity contribution in [2.75, 3.05) is 26.3 Å². The van der Waals surface area contributed by atoms with Gasteiger partial charge in [0.1, 0.15) is 0 Å². The highest BCUT2D eigenvalue weighted by Crippen LogP contribution is 2.40. The number of rotatable bonds is 3. The van der Waals surface area contributed by atoms with Crippen LogP contribution in [0, 0.1) is 17.8 Å². The molecule has 5 heteroatoms. The first-order valence-corrected chi connectivity index (χ1v) is 9.69. The van der Waals surface area contributed by atoms with Crippen LogP contribution < -0.4 is 0 Å². The standard InChI is InChI=1S/C19H26BrNO3/c20-15-5-1-3-14(4-2-6-15)18-13-16(7-8-17(18)19(22)23)21-9-11-24-12-10-21/h1-3,5-6,14,16-18H,4,7-13H2,(H,22,23)/b3-1+,6-2-,15-5+/t14-,16-,17-,18+/m1/s1. The minimum Gasteiger partial charge on any atom is -0.481 e. The second-order valence-electron chi connectivity index (χ2n) is 6.96. The molecule has 0 aromatic rings. The van der Waals surface area contributed by atoms with Gasteiger partial charge >= 0.3 is 5.97 Å². The Bertz CT molecular complexity index is 537. The van der Waals surface area contributed by atoms with E-state index < -0.39 is 5.97 Å². The van der Waals surface area contributed by atoms with Gasteiger partial charge in [-0.2, -0.15) is 0 Å². The van der Waals surface area contributed by atoms with E-state index in [-0.39, 0.29) is 11.8 Å². The fraction of sp³-hybridized carbons (Fsp3) is 0.632. The predicted molar refractivity (Wildman–Crippen MR) is 98.0 cm³/mol. The lowest BCUT2D eigenvalue weighted by molar-refractivity contribution is -0.146. The van der Waals surface area contributed by atoms with Gasteiger partial charge in [-0.05, 0) is 43.6 Å². The van der Waals surface area contributed by atoms with E-state index in [0.717, 1.165) is 56.5 Å². The first-order chi connectivity index (χ1) is 11.6. The summed E-state index contributed by atoms with van der Waals surface area (Å²) in [5, 5.41) is 9.71. The SMILES string of the molecule is O=C(O)[C@@H]1CC[C@@H](N2CCOCC2)C[C@H]1[C@@H]1/C=C/C=C(Br)\C=C/C1. The van der Waals surface area contributed by atoms with E-state index in [1.165, 1.54) is 0 Å². The van der Waals surface area contributed by atoms with Crippen molar-refractivity contribution in [3.05, 3.63) is 34.9 Å². The summed E-state index contributed by atoms with van der Waals surface area (Å²) in [4.78, 5) is 14.3. The molecule has 3 rings (SSSR count). The summed E-state index contributed by atoms with van der Waals surface area (Å²) in [6, 6.07) is 0.500. The van der Waals surface area contributed by atoms with Gasteiger partial charge in [0, 0.05) is 23.6 Å². The maximum atomic E-state index is 11.8. The Morgan fingerprint density at radius 1 is 1.29 bits per heavy atom. The van der Waals surface area contributed by atoms with Gasteiger partial charge in [-0.1, -0.05) is 40.2 Å². The normalized spacial score (nSPS) is 40.0. The number of ether oxygens (including phenoxy) is 1. The number of hydrogen-bond acceptors (Lipinski definition) is 3. The van der Waals surface area contributed by atoms with Crippen molar-refractivity contribution >= 4 is 21.9 Å². The van der Waals surface area contributed by atoms with E-state index in [4.69, 9.17) is 4.74 Å². The Morgan fingerprint density at radius 3 is 2.83 bits per heavy atom. The van der Waals surface area contributed by atoms with Gasteiger partial charge in [0.25, 0.3) is 0 Å². The molecule has 0 amide bonds. The van der Waals surface area contributed by atoms with Crippen molar-refractivity contribution in [3.63, 3.8) is 0 Å². The topological polar surface area (TPSA) is 49.8 Å². The molecule has 1 saturated carbocycles. The monoisotopic (exact) mass is 395 g/mol. The van der Waals surface area contributed by atoms with Gasteiger partial charge in [0.2, 0.25) is 0 Å². The Hall–Kier alpha value is -0.910. The highest BCUT2D eigenvalue weighted by molar-refractivity contribution is 9.11. The first-order valence-electron chi connectivity index (χ1n) is 8.90. The highest BCUT2D eigenvalue weighted by atomic mass is 79.9. The van der Waals surface area contributed by atoms with Crippen molar-refractivity contribution in [1.82, 2.24) is 4.90 Å². The molecule has 24 heavy (non-hydrogen) atoms. The number of carboxylic acid groups (broad SMARTS) is 1. The molecule has 4 atom stereocenters. The van der Waals surface area contributed by atoms with Crippen LogP contribution in [0.1, 0.15) is 25.7 Å². The zero-order chi connectivity index (χ0) is 16.9. The van der Waals surface area contributed by atoms with Crippen LogP contribution in [-0.4, -0.2) is 48.3 Å². The predicted octanol–water partition coefficient (Wildman–Crippen LogP) is 3.60. The molecule has 0 aromatic carbocycles.